The third kappa shape index (κ3) is 4.25. The average Bonchev–Trinajstić information content (AvgIpc) is 3.22. The Kier molecular flexibility index (Phi) is 5.47. The molecule has 1 aliphatic heterocycles. The van der Waals surface area contributed by atoms with Gasteiger partial charge >= 0.3 is 0 Å². The van der Waals surface area contributed by atoms with E-state index in [1.165, 1.54) is 19.3 Å². The van der Waals surface area contributed by atoms with Crippen molar-refractivity contribution < 1.29 is 9.32 Å². The molecule has 25 heavy (non-hydrogen) atoms. The minimum absolute atomic E-state index is 0.151. The highest BCUT2D eigenvalue weighted by Gasteiger charge is 2.20. The molecule has 1 amide bonds. The molecule has 1 saturated heterocycles. The number of nitrogens with zero attached hydrogens (tertiary/aromatic N) is 5. The summed E-state index contributed by atoms with van der Waals surface area (Å²) in [4.78, 5) is 14.2. The lowest BCUT2D eigenvalue weighted by Crippen LogP contribution is -2.34. The van der Waals surface area contributed by atoms with Gasteiger partial charge in [-0.15, -0.1) is 5.10 Å². The molecule has 8 nitrogen and oxygen atoms in total. The van der Waals surface area contributed by atoms with Gasteiger partial charge in [-0.3, -0.25) is 9.48 Å². The van der Waals surface area contributed by atoms with Gasteiger partial charge in [0.2, 0.25) is 0 Å². The summed E-state index contributed by atoms with van der Waals surface area (Å²) in [7, 11) is 1.75. The van der Waals surface area contributed by atoms with Crippen molar-refractivity contribution in [1.29, 1.82) is 0 Å². The fourth-order valence-electron chi connectivity index (χ4n) is 3.20. The molecule has 8 heteroatoms. The number of rotatable bonds is 6. The lowest BCUT2D eigenvalue weighted by Gasteiger charge is -2.23. The Hall–Kier alpha value is -2.22. The SMILES string of the molecule is Cc1noc(C)c1CN(C)C(=O)c1cn(CC[C@H]2CCCCN2)nn1. The Labute approximate surface area is 147 Å². The first-order chi connectivity index (χ1) is 12.0. The number of hydrogen-bond acceptors (Lipinski definition) is 6. The topological polar surface area (TPSA) is 89.1 Å². The molecule has 1 N–H and O–H groups in total. The molecule has 0 aliphatic carbocycles. The van der Waals surface area contributed by atoms with Crippen molar-refractivity contribution in [2.75, 3.05) is 13.6 Å². The van der Waals surface area contributed by atoms with Gasteiger partial charge in [0.25, 0.3) is 5.91 Å². The highest BCUT2D eigenvalue weighted by molar-refractivity contribution is 5.91. The monoisotopic (exact) mass is 346 g/mol. The third-order valence-corrected chi connectivity index (χ3v) is 4.80. The van der Waals surface area contributed by atoms with Gasteiger partial charge in [0.1, 0.15) is 5.76 Å². The van der Waals surface area contributed by atoms with Crippen LogP contribution in [0.4, 0.5) is 0 Å². The van der Waals surface area contributed by atoms with E-state index in [0.29, 0.717) is 18.3 Å². The number of nitrogens with one attached hydrogen (secondary N) is 1. The van der Waals surface area contributed by atoms with Crippen LogP contribution in [0, 0.1) is 13.8 Å². The molecule has 0 radical (unpaired) electrons. The second-order valence-corrected chi connectivity index (χ2v) is 6.77. The van der Waals surface area contributed by atoms with Crippen molar-refractivity contribution in [2.45, 2.75) is 58.7 Å². The Morgan fingerprint density at radius 2 is 2.28 bits per heavy atom. The Balaban J connectivity index is 1.56. The van der Waals surface area contributed by atoms with Gasteiger partial charge in [-0.05, 0) is 39.7 Å². The van der Waals surface area contributed by atoms with E-state index in [-0.39, 0.29) is 5.91 Å². The van der Waals surface area contributed by atoms with Crippen LogP contribution in [0.2, 0.25) is 0 Å². The molecule has 0 unspecified atom stereocenters. The molecule has 1 fully saturated rings. The van der Waals surface area contributed by atoms with E-state index in [9.17, 15) is 4.79 Å². The first-order valence-electron chi connectivity index (χ1n) is 8.85. The number of carbonyl (C=O) groups is 1. The number of aryl methyl sites for hydroxylation is 3. The van der Waals surface area contributed by atoms with Crippen LogP contribution in [0.15, 0.2) is 10.7 Å². The van der Waals surface area contributed by atoms with E-state index >= 15 is 0 Å². The van der Waals surface area contributed by atoms with E-state index in [1.54, 1.807) is 22.8 Å². The molecule has 3 heterocycles. The van der Waals surface area contributed by atoms with Crippen molar-refractivity contribution in [3.8, 4) is 0 Å². The highest BCUT2D eigenvalue weighted by Crippen LogP contribution is 2.15. The summed E-state index contributed by atoms with van der Waals surface area (Å²) in [6.45, 7) is 6.03. The molecule has 136 valence electrons. The molecule has 3 rings (SSSR count). The maximum absolute atomic E-state index is 12.6. The third-order valence-electron chi connectivity index (χ3n) is 4.80. The Morgan fingerprint density at radius 3 is 2.96 bits per heavy atom. The van der Waals surface area contributed by atoms with Crippen molar-refractivity contribution in [3.63, 3.8) is 0 Å². The van der Waals surface area contributed by atoms with Crippen molar-refractivity contribution in [2.24, 2.45) is 0 Å². The second-order valence-electron chi connectivity index (χ2n) is 6.77. The van der Waals surface area contributed by atoms with Crippen LogP contribution in [0.3, 0.4) is 0 Å². The van der Waals surface area contributed by atoms with Crippen LogP contribution < -0.4 is 5.32 Å². The summed E-state index contributed by atoms with van der Waals surface area (Å²) < 4.78 is 6.91. The molecule has 0 bridgehead atoms. The van der Waals surface area contributed by atoms with Gasteiger partial charge in [-0.2, -0.15) is 0 Å². The molecule has 0 aromatic carbocycles. The van der Waals surface area contributed by atoms with Crippen molar-refractivity contribution in [3.05, 3.63) is 28.9 Å². The first kappa shape index (κ1) is 17.6. The Morgan fingerprint density at radius 1 is 1.44 bits per heavy atom. The van der Waals surface area contributed by atoms with Crippen LogP contribution in [0.25, 0.3) is 0 Å². The summed E-state index contributed by atoms with van der Waals surface area (Å²) in [6, 6.07) is 0.541. The summed E-state index contributed by atoms with van der Waals surface area (Å²) in [5.41, 5.74) is 2.11. The number of hydrogen-bond donors (Lipinski definition) is 1. The predicted octanol–water partition coefficient (Wildman–Crippen LogP) is 1.69. The summed E-state index contributed by atoms with van der Waals surface area (Å²) in [5.74, 6) is 0.586. The van der Waals surface area contributed by atoms with E-state index in [1.807, 2.05) is 13.8 Å². The van der Waals surface area contributed by atoms with Gasteiger partial charge in [0.15, 0.2) is 5.69 Å². The molecule has 0 saturated carbocycles. The van der Waals surface area contributed by atoms with E-state index < -0.39 is 0 Å². The molecule has 2 aromatic rings. The van der Waals surface area contributed by atoms with Crippen LogP contribution in [0.5, 0.6) is 0 Å². The molecular weight excluding hydrogens is 320 g/mol. The summed E-state index contributed by atoms with van der Waals surface area (Å²) in [6.07, 6.45) is 6.49. The standard InChI is InChI=1S/C17H26N6O2/c1-12-15(13(2)25-20-12)10-22(3)17(24)16-11-23(21-19-16)9-7-14-6-4-5-8-18-14/h11,14,18H,4-10H2,1-3H3/t14-/m1/s1. The largest absolute Gasteiger partial charge is 0.361 e. The zero-order valence-electron chi connectivity index (χ0n) is 15.2. The van der Waals surface area contributed by atoms with Gasteiger partial charge in [0, 0.05) is 25.2 Å². The summed E-state index contributed by atoms with van der Waals surface area (Å²) >= 11 is 0. The number of amides is 1. The van der Waals surface area contributed by atoms with Crippen LogP contribution >= 0.6 is 0 Å². The fourth-order valence-corrected chi connectivity index (χ4v) is 3.20. The quantitative estimate of drug-likeness (QED) is 0.856. The maximum atomic E-state index is 12.6. The van der Waals surface area contributed by atoms with Crippen LogP contribution in [-0.4, -0.2) is 50.6 Å². The normalized spacial score (nSPS) is 17.6. The number of piperidine rings is 1. The number of aromatic nitrogens is 4. The van der Waals surface area contributed by atoms with Gasteiger partial charge in [-0.25, -0.2) is 0 Å². The van der Waals surface area contributed by atoms with E-state index in [4.69, 9.17) is 4.52 Å². The zero-order chi connectivity index (χ0) is 17.8. The molecule has 1 aliphatic rings. The fraction of sp³-hybridized carbons (Fsp3) is 0.647. The smallest absolute Gasteiger partial charge is 0.276 e. The number of carbonyl (C=O) groups excluding carboxylic acids is 1. The zero-order valence-corrected chi connectivity index (χ0v) is 15.2. The lowest BCUT2D eigenvalue weighted by molar-refractivity contribution is 0.0778. The highest BCUT2D eigenvalue weighted by atomic mass is 16.5. The minimum atomic E-state index is -0.151. The second kappa shape index (κ2) is 7.77. The first-order valence-corrected chi connectivity index (χ1v) is 8.85. The molecule has 2 aromatic heterocycles. The van der Waals surface area contributed by atoms with E-state index in [0.717, 1.165) is 36.5 Å². The van der Waals surface area contributed by atoms with Gasteiger partial charge in [-0.1, -0.05) is 16.8 Å². The summed E-state index contributed by atoms with van der Waals surface area (Å²) in [5, 5.41) is 15.6. The molecular formula is C17H26N6O2. The minimum Gasteiger partial charge on any atom is -0.361 e. The Bertz CT molecular complexity index is 697. The molecule has 0 spiro atoms. The molecule has 1 atom stereocenters. The lowest BCUT2D eigenvalue weighted by atomic mass is 10.0. The van der Waals surface area contributed by atoms with Crippen molar-refractivity contribution >= 4 is 5.91 Å². The van der Waals surface area contributed by atoms with E-state index in [2.05, 4.69) is 20.8 Å². The maximum Gasteiger partial charge on any atom is 0.276 e. The average molecular weight is 346 g/mol. The van der Waals surface area contributed by atoms with Gasteiger partial charge < -0.3 is 14.7 Å². The van der Waals surface area contributed by atoms with Crippen molar-refractivity contribution in [1.82, 2.24) is 30.4 Å². The van der Waals surface area contributed by atoms with Crippen LogP contribution in [0.1, 0.15) is 53.2 Å². The van der Waals surface area contributed by atoms with Crippen LogP contribution in [-0.2, 0) is 13.1 Å². The van der Waals surface area contributed by atoms with Gasteiger partial charge in [0.05, 0.1) is 18.4 Å². The predicted molar refractivity (Wildman–Crippen MR) is 92.1 cm³/mol.